The highest BCUT2D eigenvalue weighted by Crippen LogP contribution is 2.21. The molecule has 1 aliphatic heterocycles. The van der Waals surface area contributed by atoms with Gasteiger partial charge in [0.1, 0.15) is 6.04 Å². The van der Waals surface area contributed by atoms with Crippen molar-refractivity contribution in [3.63, 3.8) is 0 Å². The van der Waals surface area contributed by atoms with Crippen LogP contribution in [0, 0.1) is 0 Å². The van der Waals surface area contributed by atoms with E-state index in [0.29, 0.717) is 38.8 Å². The zero-order chi connectivity index (χ0) is 20.7. The molecule has 0 aliphatic carbocycles. The van der Waals surface area contributed by atoms with Crippen molar-refractivity contribution in [3.8, 4) is 0 Å². The van der Waals surface area contributed by atoms with Gasteiger partial charge in [-0.1, -0.05) is 42.5 Å². The predicted molar refractivity (Wildman–Crippen MR) is 111 cm³/mol. The second kappa shape index (κ2) is 9.49. The molecule has 1 heterocycles. The molecule has 3 amide bonds. The number of hydrogen-bond donors (Lipinski definition) is 5. The Labute approximate surface area is 169 Å². The molecule has 8 heteroatoms. The van der Waals surface area contributed by atoms with Crippen LogP contribution < -0.4 is 27.0 Å². The lowest BCUT2D eigenvalue weighted by Gasteiger charge is -2.33. The second-order valence-electron chi connectivity index (χ2n) is 7.31. The maximum absolute atomic E-state index is 12.9. The molecule has 1 fully saturated rings. The van der Waals surface area contributed by atoms with E-state index >= 15 is 0 Å². The summed E-state index contributed by atoms with van der Waals surface area (Å²) in [5.41, 5.74) is 6.27. The van der Waals surface area contributed by atoms with Gasteiger partial charge in [-0.2, -0.15) is 0 Å². The molecule has 2 aromatic rings. The summed E-state index contributed by atoms with van der Waals surface area (Å²) in [6.07, 6.45) is 1.83. The number of rotatable bonds is 8. The van der Waals surface area contributed by atoms with Crippen molar-refractivity contribution in [2.45, 2.75) is 30.8 Å². The van der Waals surface area contributed by atoms with Crippen molar-refractivity contribution in [2.24, 2.45) is 5.73 Å². The predicted octanol–water partition coefficient (Wildman–Crippen LogP) is -0.232. The van der Waals surface area contributed by atoms with Crippen LogP contribution in [0.15, 0.2) is 42.5 Å². The highest BCUT2D eigenvalue weighted by Gasteiger charge is 2.37. The van der Waals surface area contributed by atoms with Crippen LogP contribution in [0.5, 0.6) is 0 Å². The summed E-state index contributed by atoms with van der Waals surface area (Å²) < 4.78 is 0. The smallest absolute Gasteiger partial charge is 0.244 e. The third kappa shape index (κ3) is 5.10. The SMILES string of the molecule is NC1(C(=O)N[C@H](Cc2cccc3ccccc23)C(=O)NCNC=O)CCNCC1. The maximum Gasteiger partial charge on any atom is 0.244 e. The number of amides is 3. The van der Waals surface area contributed by atoms with Crippen LogP contribution in [-0.4, -0.2) is 49.6 Å². The first-order valence-electron chi connectivity index (χ1n) is 9.75. The summed E-state index contributed by atoms with van der Waals surface area (Å²) >= 11 is 0. The molecule has 2 aromatic carbocycles. The van der Waals surface area contributed by atoms with E-state index < -0.39 is 11.6 Å². The Kier molecular flexibility index (Phi) is 6.79. The Morgan fingerprint density at radius 3 is 2.62 bits per heavy atom. The molecule has 29 heavy (non-hydrogen) atoms. The van der Waals surface area contributed by atoms with Crippen molar-refractivity contribution in [3.05, 3.63) is 48.0 Å². The normalized spacial score (nSPS) is 16.6. The number of fused-ring (bicyclic) bond motifs is 1. The fraction of sp³-hybridized carbons (Fsp3) is 0.381. The molecule has 1 aliphatic rings. The van der Waals surface area contributed by atoms with Crippen molar-refractivity contribution in [1.82, 2.24) is 21.3 Å². The Morgan fingerprint density at radius 2 is 1.86 bits per heavy atom. The van der Waals surface area contributed by atoms with Gasteiger partial charge in [-0.25, -0.2) is 0 Å². The van der Waals surface area contributed by atoms with Gasteiger partial charge in [-0.05, 0) is 42.3 Å². The lowest BCUT2D eigenvalue weighted by Crippen LogP contribution is -2.62. The van der Waals surface area contributed by atoms with Gasteiger partial charge in [0, 0.05) is 6.42 Å². The van der Waals surface area contributed by atoms with Gasteiger partial charge in [0.15, 0.2) is 0 Å². The molecule has 0 aromatic heterocycles. The van der Waals surface area contributed by atoms with E-state index in [0.717, 1.165) is 16.3 Å². The topological polar surface area (TPSA) is 125 Å². The molecule has 8 nitrogen and oxygen atoms in total. The fourth-order valence-corrected chi connectivity index (χ4v) is 3.60. The minimum absolute atomic E-state index is 0.0120. The third-order valence-corrected chi connectivity index (χ3v) is 5.32. The Morgan fingerprint density at radius 1 is 1.14 bits per heavy atom. The molecule has 6 N–H and O–H groups in total. The van der Waals surface area contributed by atoms with Crippen LogP contribution in [0.25, 0.3) is 10.8 Å². The first-order valence-corrected chi connectivity index (χ1v) is 9.75. The van der Waals surface area contributed by atoms with Crippen LogP contribution in [0.4, 0.5) is 0 Å². The Balaban J connectivity index is 1.81. The summed E-state index contributed by atoms with van der Waals surface area (Å²) in [5.74, 6) is -0.707. The standard InChI is InChI=1S/C21H27N5O3/c22-21(8-10-23-11-9-21)20(29)26-18(19(28)25-13-24-14-27)12-16-6-3-5-15-4-1-2-7-17(15)16/h1-7,14,18,23H,8-13,22H2,(H,24,27)(H,25,28)(H,26,29)/t18-/m1/s1. The average molecular weight is 397 g/mol. The maximum atomic E-state index is 12.9. The average Bonchev–Trinajstić information content (AvgIpc) is 2.74. The second-order valence-corrected chi connectivity index (χ2v) is 7.31. The largest absolute Gasteiger partial charge is 0.342 e. The van der Waals surface area contributed by atoms with Crippen molar-refractivity contribution >= 4 is 29.0 Å². The lowest BCUT2D eigenvalue weighted by molar-refractivity contribution is -0.132. The van der Waals surface area contributed by atoms with Crippen LogP contribution in [0.3, 0.4) is 0 Å². The van der Waals surface area contributed by atoms with E-state index in [-0.39, 0.29) is 18.5 Å². The van der Waals surface area contributed by atoms with Gasteiger partial charge in [-0.15, -0.1) is 0 Å². The quantitative estimate of drug-likeness (QED) is 0.239. The zero-order valence-electron chi connectivity index (χ0n) is 16.2. The highest BCUT2D eigenvalue weighted by molar-refractivity contribution is 5.93. The van der Waals surface area contributed by atoms with Gasteiger partial charge in [0.2, 0.25) is 18.2 Å². The molecule has 1 saturated heterocycles. The molecule has 0 radical (unpaired) electrons. The van der Waals surface area contributed by atoms with Crippen LogP contribution in [0.1, 0.15) is 18.4 Å². The van der Waals surface area contributed by atoms with E-state index in [9.17, 15) is 14.4 Å². The molecule has 1 atom stereocenters. The third-order valence-electron chi connectivity index (χ3n) is 5.32. The first kappa shape index (κ1) is 20.8. The van der Waals surface area contributed by atoms with Gasteiger partial charge in [0.05, 0.1) is 12.2 Å². The number of carbonyl (C=O) groups excluding carboxylic acids is 3. The number of nitrogens with one attached hydrogen (secondary N) is 4. The van der Waals surface area contributed by atoms with E-state index in [1.165, 1.54) is 0 Å². The molecular formula is C21H27N5O3. The number of carbonyl (C=O) groups is 3. The molecule has 0 bridgehead atoms. The number of nitrogens with two attached hydrogens (primary N) is 1. The van der Waals surface area contributed by atoms with Crippen molar-refractivity contribution in [2.75, 3.05) is 19.8 Å². The minimum Gasteiger partial charge on any atom is -0.342 e. The summed E-state index contributed by atoms with van der Waals surface area (Å²) in [7, 11) is 0. The zero-order valence-corrected chi connectivity index (χ0v) is 16.2. The summed E-state index contributed by atoms with van der Waals surface area (Å²) in [4.78, 5) is 36.1. The van der Waals surface area contributed by atoms with E-state index in [4.69, 9.17) is 5.73 Å². The number of hydrogen-bond acceptors (Lipinski definition) is 5. The Bertz CT molecular complexity index is 874. The van der Waals surface area contributed by atoms with Gasteiger partial charge >= 0.3 is 0 Å². The molecule has 3 rings (SSSR count). The fourth-order valence-electron chi connectivity index (χ4n) is 3.60. The van der Waals surface area contributed by atoms with Crippen molar-refractivity contribution < 1.29 is 14.4 Å². The number of benzene rings is 2. The van der Waals surface area contributed by atoms with Gasteiger partial charge < -0.3 is 27.0 Å². The molecule has 154 valence electrons. The van der Waals surface area contributed by atoms with E-state index in [1.807, 2.05) is 42.5 Å². The number of piperidine rings is 1. The summed E-state index contributed by atoms with van der Waals surface area (Å²) in [5, 5.41) is 13.1. The van der Waals surface area contributed by atoms with Crippen molar-refractivity contribution in [1.29, 1.82) is 0 Å². The van der Waals surface area contributed by atoms with Crippen LogP contribution in [-0.2, 0) is 20.8 Å². The summed E-state index contributed by atoms with van der Waals surface area (Å²) in [6.45, 7) is 1.31. The van der Waals surface area contributed by atoms with Crippen LogP contribution in [0.2, 0.25) is 0 Å². The highest BCUT2D eigenvalue weighted by atomic mass is 16.2. The van der Waals surface area contributed by atoms with Crippen LogP contribution >= 0.6 is 0 Å². The van der Waals surface area contributed by atoms with Gasteiger partial charge in [-0.3, -0.25) is 14.4 Å². The van der Waals surface area contributed by atoms with Gasteiger partial charge in [0.25, 0.3) is 0 Å². The van der Waals surface area contributed by atoms with E-state index in [1.54, 1.807) is 0 Å². The lowest BCUT2D eigenvalue weighted by atomic mass is 9.88. The molecule has 0 unspecified atom stereocenters. The first-order chi connectivity index (χ1) is 14.0. The minimum atomic E-state index is -0.996. The van der Waals surface area contributed by atoms with E-state index in [2.05, 4.69) is 21.3 Å². The molecule has 0 saturated carbocycles. The summed E-state index contributed by atoms with van der Waals surface area (Å²) in [6, 6.07) is 13.0. The molecule has 0 spiro atoms. The molecular weight excluding hydrogens is 370 g/mol. The monoisotopic (exact) mass is 397 g/mol. The Hall–Kier alpha value is -2.97.